The summed E-state index contributed by atoms with van der Waals surface area (Å²) in [6.07, 6.45) is 0. The van der Waals surface area contributed by atoms with E-state index in [-0.39, 0.29) is 0 Å². The van der Waals surface area contributed by atoms with Crippen LogP contribution in [0.1, 0.15) is 13.8 Å². The van der Waals surface area contributed by atoms with Gasteiger partial charge in [-0.15, -0.1) is 0 Å². The number of alkyl halides is 1. The Kier molecular flexibility index (Phi) is 6.32. The first kappa shape index (κ1) is 8.69. The highest BCUT2D eigenvalue weighted by molar-refractivity contribution is 14.1. The third-order valence-corrected chi connectivity index (χ3v) is 1.11. The average molecular weight is 228 g/mol. The van der Waals surface area contributed by atoms with Crippen LogP contribution in [-0.4, -0.2) is 17.6 Å². The summed E-state index contributed by atoms with van der Waals surface area (Å²) in [4.78, 5) is 0. The number of hydrogen-bond donors (Lipinski definition) is 0. The molecule has 0 heterocycles. The molecule has 0 aliphatic rings. The van der Waals surface area contributed by atoms with Crippen LogP contribution in [0, 0.1) is 5.92 Å². The van der Waals surface area contributed by atoms with Crippen LogP contribution >= 0.6 is 22.6 Å². The maximum absolute atomic E-state index is 5.24. The van der Waals surface area contributed by atoms with Gasteiger partial charge in [-0.2, -0.15) is 0 Å². The lowest BCUT2D eigenvalue weighted by Crippen LogP contribution is -2.03. The van der Waals surface area contributed by atoms with Gasteiger partial charge in [-0.25, -0.2) is 0 Å². The van der Waals surface area contributed by atoms with Crippen LogP contribution in [0.5, 0.6) is 0 Å². The van der Waals surface area contributed by atoms with Crippen molar-refractivity contribution in [3.05, 3.63) is 0 Å². The molecule has 0 atom stereocenters. The summed E-state index contributed by atoms with van der Waals surface area (Å²) in [6, 6.07) is 0. The summed E-state index contributed by atoms with van der Waals surface area (Å²) in [6.45, 7) is 6.13. The molecule has 0 aliphatic carbocycles. The Labute approximate surface area is 64.9 Å². The largest absolute Gasteiger partial charge is 0.380 e. The quantitative estimate of drug-likeness (QED) is 0.406. The van der Waals surface area contributed by atoms with Gasteiger partial charge in [0, 0.05) is 11.0 Å². The summed E-state index contributed by atoms with van der Waals surface area (Å²) in [5.41, 5.74) is 0. The van der Waals surface area contributed by atoms with E-state index in [4.69, 9.17) is 4.74 Å². The van der Waals surface area contributed by atoms with Gasteiger partial charge in [-0.3, -0.25) is 0 Å². The van der Waals surface area contributed by atoms with E-state index in [1.165, 1.54) is 0 Å². The molecule has 0 aromatic rings. The first-order chi connectivity index (χ1) is 3.77. The van der Waals surface area contributed by atoms with E-state index in [9.17, 15) is 0 Å². The van der Waals surface area contributed by atoms with Crippen molar-refractivity contribution in [3.8, 4) is 0 Å². The molecule has 0 amide bonds. The molecule has 50 valence electrons. The summed E-state index contributed by atoms with van der Waals surface area (Å²) in [5, 5.41) is 0. The minimum absolute atomic E-state index is 0.679. The summed E-state index contributed by atoms with van der Waals surface area (Å²) < 4.78 is 6.34. The van der Waals surface area contributed by atoms with Gasteiger partial charge in [0.05, 0.1) is 6.61 Å². The fourth-order valence-electron chi connectivity index (χ4n) is 0.374. The molecule has 0 aromatic carbocycles. The van der Waals surface area contributed by atoms with Crippen LogP contribution in [0.2, 0.25) is 0 Å². The van der Waals surface area contributed by atoms with Gasteiger partial charge in [-0.1, -0.05) is 36.4 Å². The molecule has 8 heavy (non-hydrogen) atoms. The van der Waals surface area contributed by atoms with Crippen LogP contribution in [0.3, 0.4) is 0 Å². The molecule has 0 aromatic heterocycles. The summed E-state index contributed by atoms with van der Waals surface area (Å²) in [5.74, 6) is 0.679. The van der Waals surface area contributed by atoms with Crippen LogP contribution in [-0.2, 0) is 4.74 Å². The van der Waals surface area contributed by atoms with Gasteiger partial charge >= 0.3 is 0 Å². The SMILES string of the molecule is CC(C)COCCI. The second-order valence-corrected chi connectivity index (χ2v) is 3.24. The summed E-state index contributed by atoms with van der Waals surface area (Å²) >= 11 is 2.31. The summed E-state index contributed by atoms with van der Waals surface area (Å²) in [7, 11) is 0. The maximum atomic E-state index is 5.24. The lowest BCUT2D eigenvalue weighted by Gasteiger charge is -2.02. The zero-order valence-electron chi connectivity index (χ0n) is 5.48. The van der Waals surface area contributed by atoms with E-state index >= 15 is 0 Å². The van der Waals surface area contributed by atoms with Gasteiger partial charge in [0.25, 0.3) is 0 Å². The van der Waals surface area contributed by atoms with Crippen LogP contribution in [0.25, 0.3) is 0 Å². The standard InChI is InChI=1S/C6H13IO/c1-6(2)5-8-4-3-7/h6H,3-5H2,1-2H3. The maximum Gasteiger partial charge on any atom is 0.0555 e. The molecule has 1 nitrogen and oxygen atoms in total. The third kappa shape index (κ3) is 6.69. The molecule has 0 fully saturated rings. The molecule has 0 N–H and O–H groups in total. The van der Waals surface area contributed by atoms with Crippen molar-refractivity contribution < 1.29 is 4.74 Å². The fraction of sp³-hybridized carbons (Fsp3) is 1.00. The monoisotopic (exact) mass is 228 g/mol. The Morgan fingerprint density at radius 2 is 2.12 bits per heavy atom. The molecule has 0 rings (SSSR count). The Morgan fingerprint density at radius 3 is 2.50 bits per heavy atom. The Bertz CT molecular complexity index is 45.8. The highest BCUT2D eigenvalue weighted by atomic mass is 127. The number of hydrogen-bond acceptors (Lipinski definition) is 1. The molecule has 0 spiro atoms. The molecule has 0 bridgehead atoms. The Balaban J connectivity index is 2.72. The smallest absolute Gasteiger partial charge is 0.0555 e. The second kappa shape index (κ2) is 5.82. The van der Waals surface area contributed by atoms with Crippen molar-refractivity contribution in [3.63, 3.8) is 0 Å². The van der Waals surface area contributed by atoms with E-state index in [0.29, 0.717) is 5.92 Å². The zero-order chi connectivity index (χ0) is 6.41. The van der Waals surface area contributed by atoms with E-state index in [1.807, 2.05) is 0 Å². The van der Waals surface area contributed by atoms with Crippen LogP contribution < -0.4 is 0 Å². The van der Waals surface area contributed by atoms with Gasteiger partial charge in [0.15, 0.2) is 0 Å². The first-order valence-corrected chi connectivity index (χ1v) is 4.43. The molecule has 0 radical (unpaired) electrons. The number of rotatable bonds is 4. The van der Waals surface area contributed by atoms with Crippen LogP contribution in [0.15, 0.2) is 0 Å². The second-order valence-electron chi connectivity index (χ2n) is 2.16. The molecule has 2 heteroatoms. The van der Waals surface area contributed by atoms with Crippen molar-refractivity contribution in [1.82, 2.24) is 0 Å². The lowest BCUT2D eigenvalue weighted by atomic mass is 10.2. The van der Waals surface area contributed by atoms with E-state index in [0.717, 1.165) is 17.6 Å². The van der Waals surface area contributed by atoms with E-state index < -0.39 is 0 Å². The molecular formula is C6H13IO. The van der Waals surface area contributed by atoms with Gasteiger partial charge in [0.2, 0.25) is 0 Å². The van der Waals surface area contributed by atoms with E-state index in [2.05, 4.69) is 36.4 Å². The number of halogens is 1. The predicted octanol–water partition coefficient (Wildman–Crippen LogP) is 2.09. The topological polar surface area (TPSA) is 9.23 Å². The molecular weight excluding hydrogens is 215 g/mol. The lowest BCUT2D eigenvalue weighted by molar-refractivity contribution is 0.125. The van der Waals surface area contributed by atoms with Crippen molar-refractivity contribution in [2.75, 3.05) is 17.6 Å². The minimum Gasteiger partial charge on any atom is -0.380 e. The Morgan fingerprint density at radius 1 is 1.50 bits per heavy atom. The van der Waals surface area contributed by atoms with Crippen molar-refractivity contribution in [2.45, 2.75) is 13.8 Å². The van der Waals surface area contributed by atoms with Gasteiger partial charge < -0.3 is 4.74 Å². The first-order valence-electron chi connectivity index (χ1n) is 2.91. The normalized spacial score (nSPS) is 10.5. The number of ether oxygens (including phenoxy) is 1. The third-order valence-electron chi connectivity index (χ3n) is 0.673. The van der Waals surface area contributed by atoms with Crippen LogP contribution in [0.4, 0.5) is 0 Å². The van der Waals surface area contributed by atoms with Gasteiger partial charge in [0.1, 0.15) is 0 Å². The van der Waals surface area contributed by atoms with Crippen molar-refractivity contribution in [2.24, 2.45) is 5.92 Å². The molecule has 0 aliphatic heterocycles. The highest BCUT2D eigenvalue weighted by Gasteiger charge is 1.90. The van der Waals surface area contributed by atoms with Crippen molar-refractivity contribution >= 4 is 22.6 Å². The molecule has 0 saturated heterocycles. The Hall–Kier alpha value is 0.690. The van der Waals surface area contributed by atoms with Gasteiger partial charge in [-0.05, 0) is 5.92 Å². The predicted molar refractivity (Wildman–Crippen MR) is 44.5 cm³/mol. The average Bonchev–Trinajstić information content (AvgIpc) is 1.66. The van der Waals surface area contributed by atoms with Crippen molar-refractivity contribution in [1.29, 1.82) is 0 Å². The highest BCUT2D eigenvalue weighted by Crippen LogP contribution is 1.92. The minimum atomic E-state index is 0.679. The molecule has 0 unspecified atom stereocenters. The zero-order valence-corrected chi connectivity index (χ0v) is 7.64. The molecule has 0 saturated carbocycles. The van der Waals surface area contributed by atoms with E-state index in [1.54, 1.807) is 0 Å². The fourth-order valence-corrected chi connectivity index (χ4v) is 0.685.